The minimum atomic E-state index is -0.0652. The maximum Gasteiger partial charge on any atom is 0.0978 e. The van der Waals surface area contributed by atoms with Crippen molar-refractivity contribution < 1.29 is 0 Å². The van der Waals surface area contributed by atoms with Gasteiger partial charge in [-0.15, -0.1) is 0 Å². The van der Waals surface area contributed by atoms with E-state index >= 15 is 0 Å². The summed E-state index contributed by atoms with van der Waals surface area (Å²) in [5, 5.41) is 12.2. The van der Waals surface area contributed by atoms with E-state index in [-0.39, 0.29) is 6.04 Å². The lowest BCUT2D eigenvalue weighted by molar-refractivity contribution is 0.471. The molecule has 1 rings (SSSR count). The van der Waals surface area contributed by atoms with Crippen molar-refractivity contribution in [2.75, 3.05) is 0 Å². The smallest absolute Gasteiger partial charge is 0.0978 e. The van der Waals surface area contributed by atoms with Crippen LogP contribution >= 0.6 is 0 Å². The third-order valence-corrected chi connectivity index (χ3v) is 2.58. The summed E-state index contributed by atoms with van der Waals surface area (Å²) in [7, 11) is 0. The molecule has 1 aromatic rings. The van der Waals surface area contributed by atoms with Crippen molar-refractivity contribution in [3.8, 4) is 6.07 Å². The van der Waals surface area contributed by atoms with E-state index in [0.29, 0.717) is 5.92 Å². The van der Waals surface area contributed by atoms with Gasteiger partial charge < -0.3 is 0 Å². The first-order valence-corrected chi connectivity index (χ1v) is 5.32. The number of hydrogen-bond donors (Lipinski definition) is 1. The van der Waals surface area contributed by atoms with Crippen LogP contribution in [0.25, 0.3) is 0 Å². The number of nitriles is 1. The van der Waals surface area contributed by atoms with Gasteiger partial charge in [0, 0.05) is 6.54 Å². The first kappa shape index (κ1) is 11.7. The normalized spacial score (nSPS) is 12.5. The molecule has 0 heterocycles. The Morgan fingerprint density at radius 2 is 2.00 bits per heavy atom. The van der Waals surface area contributed by atoms with Crippen molar-refractivity contribution >= 4 is 0 Å². The van der Waals surface area contributed by atoms with Gasteiger partial charge in [-0.2, -0.15) is 5.26 Å². The molecule has 1 aromatic carbocycles. The number of benzene rings is 1. The highest BCUT2D eigenvalue weighted by molar-refractivity contribution is 5.25. The second-order valence-corrected chi connectivity index (χ2v) is 4.16. The Morgan fingerprint density at radius 1 is 1.33 bits per heavy atom. The van der Waals surface area contributed by atoms with E-state index < -0.39 is 0 Å². The van der Waals surface area contributed by atoms with Crippen molar-refractivity contribution in [3.05, 3.63) is 35.4 Å². The predicted molar refractivity (Wildman–Crippen MR) is 62.3 cm³/mol. The molecule has 0 aliphatic carbocycles. The van der Waals surface area contributed by atoms with Crippen LogP contribution in [0.2, 0.25) is 0 Å². The molecule has 0 aliphatic rings. The summed E-state index contributed by atoms with van der Waals surface area (Å²) in [6.07, 6.45) is 0. The fourth-order valence-corrected chi connectivity index (χ4v) is 1.46. The molecule has 0 fully saturated rings. The van der Waals surface area contributed by atoms with Gasteiger partial charge in [0.15, 0.2) is 0 Å². The van der Waals surface area contributed by atoms with Crippen molar-refractivity contribution in [1.29, 1.82) is 5.26 Å². The van der Waals surface area contributed by atoms with E-state index in [1.165, 1.54) is 11.1 Å². The van der Waals surface area contributed by atoms with Gasteiger partial charge in [0.2, 0.25) is 0 Å². The number of hydrogen-bond acceptors (Lipinski definition) is 2. The largest absolute Gasteiger partial charge is 0.298 e. The van der Waals surface area contributed by atoms with Gasteiger partial charge in [-0.25, -0.2) is 0 Å². The molecule has 80 valence electrons. The van der Waals surface area contributed by atoms with Crippen LogP contribution in [0.5, 0.6) is 0 Å². The minimum absolute atomic E-state index is 0.0652. The number of rotatable bonds is 4. The number of aryl methyl sites for hydroxylation is 1. The summed E-state index contributed by atoms with van der Waals surface area (Å²) in [6.45, 7) is 6.97. The van der Waals surface area contributed by atoms with E-state index in [4.69, 9.17) is 5.26 Å². The molecule has 0 aliphatic heterocycles. The first-order chi connectivity index (χ1) is 7.15. The molecule has 0 aromatic heterocycles. The highest BCUT2D eigenvalue weighted by Gasteiger charge is 2.11. The summed E-state index contributed by atoms with van der Waals surface area (Å²) in [4.78, 5) is 0. The molecule has 2 nitrogen and oxygen atoms in total. The topological polar surface area (TPSA) is 35.8 Å². The maximum absolute atomic E-state index is 8.93. The molecule has 2 heteroatoms. The summed E-state index contributed by atoms with van der Waals surface area (Å²) in [6, 6.07) is 10.5. The quantitative estimate of drug-likeness (QED) is 0.814. The highest BCUT2D eigenvalue weighted by Crippen LogP contribution is 2.08. The number of nitrogens with zero attached hydrogens (tertiary/aromatic N) is 1. The molecule has 0 radical (unpaired) electrons. The van der Waals surface area contributed by atoms with Crippen molar-refractivity contribution in [2.45, 2.75) is 33.4 Å². The Hall–Kier alpha value is -1.33. The molecule has 1 atom stereocenters. The Kier molecular flexibility index (Phi) is 4.33. The Labute approximate surface area is 91.9 Å². The third-order valence-electron chi connectivity index (χ3n) is 2.58. The SMILES string of the molecule is Cc1ccccc1CNC(C#N)C(C)C. The summed E-state index contributed by atoms with van der Waals surface area (Å²) >= 11 is 0. The van der Waals surface area contributed by atoms with Crippen LogP contribution < -0.4 is 5.32 Å². The van der Waals surface area contributed by atoms with E-state index in [2.05, 4.69) is 44.3 Å². The van der Waals surface area contributed by atoms with Crippen LogP contribution in [-0.2, 0) is 6.54 Å². The minimum Gasteiger partial charge on any atom is -0.298 e. The molecule has 0 bridgehead atoms. The lowest BCUT2D eigenvalue weighted by atomic mass is 10.0. The Bertz CT molecular complexity index is 350. The molecule has 0 amide bonds. The summed E-state index contributed by atoms with van der Waals surface area (Å²) in [5.74, 6) is 0.346. The van der Waals surface area contributed by atoms with Crippen molar-refractivity contribution in [3.63, 3.8) is 0 Å². The zero-order valence-corrected chi connectivity index (χ0v) is 9.62. The average molecular weight is 202 g/mol. The molecular weight excluding hydrogens is 184 g/mol. The number of nitrogens with one attached hydrogen (secondary N) is 1. The van der Waals surface area contributed by atoms with Crippen LogP contribution in [-0.4, -0.2) is 6.04 Å². The van der Waals surface area contributed by atoms with E-state index in [1.807, 2.05) is 12.1 Å². The van der Waals surface area contributed by atoms with Gasteiger partial charge in [0.1, 0.15) is 0 Å². The fraction of sp³-hybridized carbons (Fsp3) is 0.462. The lowest BCUT2D eigenvalue weighted by Crippen LogP contribution is -2.31. The van der Waals surface area contributed by atoms with E-state index in [0.717, 1.165) is 6.54 Å². The first-order valence-electron chi connectivity index (χ1n) is 5.32. The molecule has 0 saturated carbocycles. The second kappa shape index (κ2) is 5.53. The van der Waals surface area contributed by atoms with E-state index in [1.54, 1.807) is 0 Å². The molecule has 15 heavy (non-hydrogen) atoms. The molecule has 0 spiro atoms. The van der Waals surface area contributed by atoms with Gasteiger partial charge in [-0.1, -0.05) is 38.1 Å². The predicted octanol–water partition coefficient (Wildman–Crippen LogP) is 2.63. The standard InChI is InChI=1S/C13H18N2/c1-10(2)13(8-14)15-9-12-7-5-4-6-11(12)3/h4-7,10,13,15H,9H2,1-3H3. The third kappa shape index (κ3) is 3.38. The fourth-order valence-electron chi connectivity index (χ4n) is 1.46. The van der Waals surface area contributed by atoms with Crippen LogP contribution in [0.4, 0.5) is 0 Å². The highest BCUT2D eigenvalue weighted by atomic mass is 14.9. The second-order valence-electron chi connectivity index (χ2n) is 4.16. The van der Waals surface area contributed by atoms with Crippen LogP contribution in [0.3, 0.4) is 0 Å². The molecule has 1 N–H and O–H groups in total. The summed E-state index contributed by atoms with van der Waals surface area (Å²) in [5.41, 5.74) is 2.53. The van der Waals surface area contributed by atoms with Crippen molar-refractivity contribution in [2.24, 2.45) is 5.92 Å². The summed E-state index contributed by atoms with van der Waals surface area (Å²) < 4.78 is 0. The lowest BCUT2D eigenvalue weighted by Gasteiger charge is -2.15. The van der Waals surface area contributed by atoms with Crippen LogP contribution in [0, 0.1) is 24.2 Å². The molecule has 1 unspecified atom stereocenters. The zero-order chi connectivity index (χ0) is 11.3. The van der Waals surface area contributed by atoms with Gasteiger partial charge in [-0.3, -0.25) is 5.32 Å². The van der Waals surface area contributed by atoms with Gasteiger partial charge >= 0.3 is 0 Å². The molecule has 0 saturated heterocycles. The zero-order valence-electron chi connectivity index (χ0n) is 9.62. The van der Waals surface area contributed by atoms with Crippen LogP contribution in [0.15, 0.2) is 24.3 Å². The Balaban J connectivity index is 2.58. The van der Waals surface area contributed by atoms with Crippen LogP contribution in [0.1, 0.15) is 25.0 Å². The Morgan fingerprint density at radius 3 is 2.53 bits per heavy atom. The average Bonchev–Trinajstić information content (AvgIpc) is 2.21. The van der Waals surface area contributed by atoms with Gasteiger partial charge in [0.25, 0.3) is 0 Å². The van der Waals surface area contributed by atoms with Crippen molar-refractivity contribution in [1.82, 2.24) is 5.32 Å². The van der Waals surface area contributed by atoms with E-state index in [9.17, 15) is 0 Å². The maximum atomic E-state index is 8.93. The monoisotopic (exact) mass is 202 g/mol. The molecular formula is C13H18N2. The van der Waals surface area contributed by atoms with Gasteiger partial charge in [0.05, 0.1) is 12.1 Å². The van der Waals surface area contributed by atoms with Gasteiger partial charge in [-0.05, 0) is 24.0 Å².